The molecule has 0 saturated carbocycles. The minimum Gasteiger partial charge on any atom is -0.389 e. The summed E-state index contributed by atoms with van der Waals surface area (Å²) in [6.07, 6.45) is -0.941. The summed E-state index contributed by atoms with van der Waals surface area (Å²) in [5, 5.41) is 14.2. The Labute approximate surface area is 169 Å². The van der Waals surface area contributed by atoms with Crippen molar-refractivity contribution in [2.75, 3.05) is 18.5 Å². The van der Waals surface area contributed by atoms with Gasteiger partial charge in [0.1, 0.15) is 5.82 Å². The molecule has 0 aromatic heterocycles. The number of hydrogen-bond donors (Lipinski definition) is 2. The molecule has 1 aliphatic rings. The summed E-state index contributed by atoms with van der Waals surface area (Å²) in [4.78, 5) is 14.6. The van der Waals surface area contributed by atoms with E-state index < -0.39 is 23.4 Å². The average molecular weight is 413 g/mol. The molecule has 1 heterocycles. The molecule has 27 heavy (non-hydrogen) atoms. The maximum absolute atomic E-state index is 14.7. The summed E-state index contributed by atoms with van der Waals surface area (Å²) < 4.78 is 14.7. The maximum Gasteiger partial charge on any atom is 0.237 e. The highest BCUT2D eigenvalue weighted by Crippen LogP contribution is 2.47. The van der Waals surface area contributed by atoms with E-state index in [-0.39, 0.29) is 30.5 Å². The number of benzene rings is 2. The molecular weight excluding hydrogens is 390 g/mol. The first-order chi connectivity index (χ1) is 12.3. The summed E-state index contributed by atoms with van der Waals surface area (Å²) in [5.41, 5.74) is 0.613. The molecule has 0 saturated heterocycles. The van der Waals surface area contributed by atoms with Gasteiger partial charge in [-0.2, -0.15) is 0 Å². The van der Waals surface area contributed by atoms with Crippen LogP contribution in [0.25, 0.3) is 0 Å². The minimum atomic E-state index is -0.941. The molecular formula is C20H23Cl2FN2O2. The van der Waals surface area contributed by atoms with Crippen LogP contribution in [0.5, 0.6) is 0 Å². The van der Waals surface area contributed by atoms with Gasteiger partial charge in [-0.05, 0) is 50.2 Å². The Morgan fingerprint density at radius 2 is 1.93 bits per heavy atom. The third-order valence-electron chi connectivity index (χ3n) is 4.90. The maximum atomic E-state index is 14.7. The third-order valence-corrected chi connectivity index (χ3v) is 5.14. The fourth-order valence-electron chi connectivity index (χ4n) is 3.60. The molecule has 1 amide bonds. The van der Waals surface area contributed by atoms with Gasteiger partial charge in [0.05, 0.1) is 23.2 Å². The van der Waals surface area contributed by atoms with Crippen LogP contribution in [0.1, 0.15) is 31.0 Å². The fourth-order valence-corrected chi connectivity index (χ4v) is 3.80. The summed E-state index contributed by atoms with van der Waals surface area (Å²) in [7, 11) is 1.71. The van der Waals surface area contributed by atoms with Crippen LogP contribution in [0.3, 0.4) is 0 Å². The number of aliphatic hydroxyl groups is 1. The zero-order chi connectivity index (χ0) is 19.1. The second-order valence-corrected chi connectivity index (χ2v) is 7.50. The number of para-hydroxylation sites is 1. The number of anilines is 1. The molecule has 2 aromatic carbocycles. The minimum absolute atomic E-state index is 0. The molecule has 0 unspecified atom stereocenters. The summed E-state index contributed by atoms with van der Waals surface area (Å²) in [6.45, 7) is 3.78. The van der Waals surface area contributed by atoms with E-state index in [1.54, 1.807) is 57.3 Å². The van der Waals surface area contributed by atoms with E-state index in [0.29, 0.717) is 16.1 Å². The van der Waals surface area contributed by atoms with E-state index in [9.17, 15) is 14.3 Å². The van der Waals surface area contributed by atoms with Crippen molar-refractivity contribution in [3.05, 3.63) is 64.4 Å². The molecule has 7 heteroatoms. The first kappa shape index (κ1) is 21.6. The number of nitrogens with one attached hydrogen (secondary N) is 1. The van der Waals surface area contributed by atoms with E-state index >= 15 is 0 Å². The zero-order valence-corrected chi connectivity index (χ0v) is 16.9. The van der Waals surface area contributed by atoms with Crippen LogP contribution in [0, 0.1) is 5.82 Å². The largest absolute Gasteiger partial charge is 0.389 e. The Bertz CT molecular complexity index is 844. The molecule has 2 N–H and O–H groups in total. The van der Waals surface area contributed by atoms with Gasteiger partial charge in [-0.25, -0.2) is 4.39 Å². The number of rotatable bonds is 5. The Morgan fingerprint density at radius 3 is 2.56 bits per heavy atom. The Hall–Kier alpha value is -1.66. The van der Waals surface area contributed by atoms with Crippen molar-refractivity contribution in [1.82, 2.24) is 5.32 Å². The van der Waals surface area contributed by atoms with Gasteiger partial charge in [-0.1, -0.05) is 35.9 Å². The molecule has 0 bridgehead atoms. The molecule has 4 nitrogen and oxygen atoms in total. The SMILES string of the molecule is CNC[C@@H](O)[C@H](c1cccc(Cl)c1)N1C(=O)C(C)(C)c2cccc(F)c21.Cl. The second kappa shape index (κ2) is 8.15. The lowest BCUT2D eigenvalue weighted by Gasteiger charge is -2.34. The first-order valence-corrected chi connectivity index (χ1v) is 8.87. The van der Waals surface area contributed by atoms with Gasteiger partial charge >= 0.3 is 0 Å². The van der Waals surface area contributed by atoms with Crippen LogP contribution in [-0.4, -0.2) is 30.7 Å². The molecule has 2 aromatic rings. The number of halogens is 3. The summed E-state index contributed by atoms with van der Waals surface area (Å²) >= 11 is 6.13. The lowest BCUT2D eigenvalue weighted by Crippen LogP contribution is -2.45. The van der Waals surface area contributed by atoms with Gasteiger partial charge in [-0.3, -0.25) is 9.69 Å². The number of aliphatic hydroxyl groups excluding tert-OH is 1. The molecule has 0 fully saturated rings. The number of fused-ring (bicyclic) bond motifs is 1. The molecule has 146 valence electrons. The smallest absolute Gasteiger partial charge is 0.237 e. The van der Waals surface area contributed by atoms with E-state index in [0.717, 1.165) is 0 Å². The van der Waals surface area contributed by atoms with Crippen LogP contribution in [0.15, 0.2) is 42.5 Å². The second-order valence-electron chi connectivity index (χ2n) is 7.06. The third kappa shape index (κ3) is 3.69. The molecule has 0 aliphatic carbocycles. The molecule has 1 aliphatic heterocycles. The van der Waals surface area contributed by atoms with Crippen molar-refractivity contribution in [3.63, 3.8) is 0 Å². The molecule has 3 rings (SSSR count). The van der Waals surface area contributed by atoms with E-state index in [1.165, 1.54) is 11.0 Å². The fraction of sp³-hybridized carbons (Fsp3) is 0.350. The topological polar surface area (TPSA) is 52.6 Å². The lowest BCUT2D eigenvalue weighted by molar-refractivity contribution is -0.123. The van der Waals surface area contributed by atoms with E-state index in [2.05, 4.69) is 5.32 Å². The van der Waals surface area contributed by atoms with Crippen molar-refractivity contribution in [2.45, 2.75) is 31.4 Å². The summed E-state index contributed by atoms with van der Waals surface area (Å²) in [5.74, 6) is -0.733. The van der Waals surface area contributed by atoms with E-state index in [4.69, 9.17) is 11.6 Å². The average Bonchev–Trinajstić information content (AvgIpc) is 2.78. The van der Waals surface area contributed by atoms with Gasteiger partial charge in [0.25, 0.3) is 0 Å². The predicted octanol–water partition coefficient (Wildman–Crippen LogP) is 3.85. The first-order valence-electron chi connectivity index (χ1n) is 8.49. The Morgan fingerprint density at radius 1 is 1.26 bits per heavy atom. The van der Waals surface area contributed by atoms with Crippen LogP contribution in [-0.2, 0) is 10.2 Å². The number of nitrogens with zero attached hydrogens (tertiary/aromatic N) is 1. The van der Waals surface area contributed by atoms with Crippen molar-refractivity contribution in [3.8, 4) is 0 Å². The van der Waals surface area contributed by atoms with Gasteiger partial charge < -0.3 is 10.4 Å². The van der Waals surface area contributed by atoms with Crippen LogP contribution in [0.4, 0.5) is 10.1 Å². The lowest BCUT2D eigenvalue weighted by atomic mass is 9.86. The Kier molecular flexibility index (Phi) is 6.53. The number of amides is 1. The highest BCUT2D eigenvalue weighted by Gasteiger charge is 2.49. The van der Waals surface area contributed by atoms with Gasteiger partial charge in [-0.15, -0.1) is 12.4 Å². The van der Waals surface area contributed by atoms with E-state index in [1.807, 2.05) is 0 Å². The van der Waals surface area contributed by atoms with Crippen LogP contribution >= 0.6 is 24.0 Å². The number of hydrogen-bond acceptors (Lipinski definition) is 3. The van der Waals surface area contributed by atoms with Crippen LogP contribution in [0.2, 0.25) is 5.02 Å². The molecule has 0 spiro atoms. The van der Waals surface area contributed by atoms with Gasteiger partial charge in [0, 0.05) is 11.6 Å². The normalized spacial score (nSPS) is 17.3. The quantitative estimate of drug-likeness (QED) is 0.783. The number of likely N-dealkylation sites (N-methyl/N-ethyl adjacent to an activating group) is 1. The molecule has 2 atom stereocenters. The van der Waals surface area contributed by atoms with Gasteiger partial charge in [0.15, 0.2) is 0 Å². The predicted molar refractivity (Wildman–Crippen MR) is 108 cm³/mol. The highest BCUT2D eigenvalue weighted by atomic mass is 35.5. The standard InChI is InChI=1S/C20H22ClFN2O2.ClH/c1-20(2)14-8-5-9-15(22)18(14)24(19(20)26)17(16(25)11-23-3)12-6-4-7-13(21)10-12;/h4-10,16-17,23,25H,11H2,1-3H3;1H/t16-,17+;/m1./s1. The van der Waals surface area contributed by atoms with Crippen molar-refractivity contribution in [2.24, 2.45) is 0 Å². The number of carbonyl (C=O) groups excluding carboxylic acids is 1. The Balaban J connectivity index is 0.00000261. The highest BCUT2D eigenvalue weighted by molar-refractivity contribution is 6.30. The molecule has 0 radical (unpaired) electrons. The summed E-state index contributed by atoms with van der Waals surface area (Å²) in [6, 6.07) is 10.9. The van der Waals surface area contributed by atoms with Crippen molar-refractivity contribution >= 4 is 35.6 Å². The van der Waals surface area contributed by atoms with Crippen molar-refractivity contribution in [1.29, 1.82) is 0 Å². The van der Waals surface area contributed by atoms with Crippen molar-refractivity contribution < 1.29 is 14.3 Å². The monoisotopic (exact) mass is 412 g/mol. The zero-order valence-electron chi connectivity index (χ0n) is 15.4. The number of carbonyl (C=O) groups is 1. The van der Waals surface area contributed by atoms with Crippen LogP contribution < -0.4 is 10.2 Å². The van der Waals surface area contributed by atoms with Gasteiger partial charge in [0.2, 0.25) is 5.91 Å².